The van der Waals surface area contributed by atoms with Gasteiger partial charge in [-0.3, -0.25) is 4.99 Å². The number of nitrogens with zero attached hydrogens (tertiary/aromatic N) is 3. The van der Waals surface area contributed by atoms with E-state index in [4.69, 9.17) is 4.52 Å². The lowest BCUT2D eigenvalue weighted by Gasteiger charge is -2.20. The third kappa shape index (κ3) is 3.24. The molecule has 5 nitrogen and oxygen atoms in total. The van der Waals surface area contributed by atoms with Crippen molar-refractivity contribution in [2.75, 3.05) is 20.1 Å². The number of likely N-dealkylation sites (tertiary alicyclic amines) is 1. The van der Waals surface area contributed by atoms with Crippen molar-refractivity contribution in [1.82, 2.24) is 15.4 Å². The summed E-state index contributed by atoms with van der Waals surface area (Å²) >= 11 is 0. The molecule has 1 saturated heterocycles. The van der Waals surface area contributed by atoms with E-state index in [-0.39, 0.29) is 0 Å². The van der Waals surface area contributed by atoms with Crippen LogP contribution in [0.25, 0.3) is 11.3 Å². The van der Waals surface area contributed by atoms with Gasteiger partial charge in [-0.2, -0.15) is 0 Å². The molecule has 2 heterocycles. The Morgan fingerprint density at radius 3 is 2.76 bits per heavy atom. The molecule has 1 fully saturated rings. The lowest BCUT2D eigenvalue weighted by Crippen LogP contribution is -2.39. The fourth-order valence-electron chi connectivity index (χ4n) is 2.56. The zero-order chi connectivity index (χ0) is 14.5. The summed E-state index contributed by atoms with van der Waals surface area (Å²) in [4.78, 5) is 6.60. The number of aliphatic imine (C=N–C) groups is 1. The molecule has 0 spiro atoms. The molecule has 1 N–H and O–H groups in total. The van der Waals surface area contributed by atoms with Crippen LogP contribution in [0.4, 0.5) is 0 Å². The summed E-state index contributed by atoms with van der Waals surface area (Å²) in [5.74, 6) is 1.74. The second kappa shape index (κ2) is 6.43. The first-order valence-electron chi connectivity index (χ1n) is 7.33. The highest BCUT2D eigenvalue weighted by Crippen LogP contribution is 2.19. The van der Waals surface area contributed by atoms with Crippen LogP contribution in [0, 0.1) is 0 Å². The summed E-state index contributed by atoms with van der Waals surface area (Å²) in [6.07, 6.45) is 2.48. The van der Waals surface area contributed by atoms with Crippen molar-refractivity contribution < 1.29 is 4.52 Å². The molecule has 110 valence electrons. The average Bonchev–Trinajstić information content (AvgIpc) is 3.20. The number of benzene rings is 1. The normalized spacial score (nSPS) is 15.5. The van der Waals surface area contributed by atoms with Gasteiger partial charge in [0.15, 0.2) is 11.7 Å². The quantitative estimate of drug-likeness (QED) is 0.695. The van der Waals surface area contributed by atoms with Gasteiger partial charge in [-0.05, 0) is 12.8 Å². The van der Waals surface area contributed by atoms with Crippen molar-refractivity contribution in [3.8, 4) is 11.3 Å². The van der Waals surface area contributed by atoms with E-state index in [1.807, 2.05) is 43.4 Å². The Kier molecular flexibility index (Phi) is 4.19. The Morgan fingerprint density at radius 1 is 1.29 bits per heavy atom. The number of hydrogen-bond acceptors (Lipinski definition) is 3. The zero-order valence-electron chi connectivity index (χ0n) is 12.2. The number of hydrogen-bond donors (Lipinski definition) is 1. The second-order valence-electron chi connectivity index (χ2n) is 5.14. The Bertz CT molecular complexity index is 600. The number of nitrogens with one attached hydrogen (secondary N) is 1. The van der Waals surface area contributed by atoms with Crippen LogP contribution in [-0.4, -0.2) is 36.2 Å². The van der Waals surface area contributed by atoms with Crippen LogP contribution in [0.3, 0.4) is 0 Å². The highest BCUT2D eigenvalue weighted by atomic mass is 16.5. The first-order valence-corrected chi connectivity index (χ1v) is 7.33. The van der Waals surface area contributed by atoms with Crippen molar-refractivity contribution in [2.45, 2.75) is 19.4 Å². The molecule has 0 radical (unpaired) electrons. The largest absolute Gasteiger partial charge is 0.356 e. The van der Waals surface area contributed by atoms with Gasteiger partial charge < -0.3 is 14.7 Å². The molecule has 0 bridgehead atoms. The molecule has 0 amide bonds. The second-order valence-corrected chi connectivity index (χ2v) is 5.14. The van der Waals surface area contributed by atoms with Gasteiger partial charge in [0.2, 0.25) is 0 Å². The van der Waals surface area contributed by atoms with Crippen LogP contribution in [0.5, 0.6) is 0 Å². The summed E-state index contributed by atoms with van der Waals surface area (Å²) in [5, 5.41) is 7.46. The minimum atomic E-state index is 0.625. The van der Waals surface area contributed by atoms with Crippen LogP contribution in [0.15, 0.2) is 45.9 Å². The van der Waals surface area contributed by atoms with E-state index < -0.39 is 0 Å². The van der Waals surface area contributed by atoms with Crippen LogP contribution in [-0.2, 0) is 6.54 Å². The van der Waals surface area contributed by atoms with Crippen LogP contribution >= 0.6 is 0 Å². The topological polar surface area (TPSA) is 53.7 Å². The highest BCUT2D eigenvalue weighted by molar-refractivity contribution is 5.80. The zero-order valence-corrected chi connectivity index (χ0v) is 12.2. The maximum Gasteiger partial charge on any atom is 0.193 e. The SMILES string of the molecule is CN=C(NCc1cc(-c2ccccc2)on1)N1CCCC1. The third-order valence-electron chi connectivity index (χ3n) is 3.66. The molecule has 0 atom stereocenters. The molecule has 21 heavy (non-hydrogen) atoms. The fourth-order valence-corrected chi connectivity index (χ4v) is 2.56. The van der Waals surface area contributed by atoms with E-state index in [9.17, 15) is 0 Å². The van der Waals surface area contributed by atoms with E-state index in [1.54, 1.807) is 0 Å². The smallest absolute Gasteiger partial charge is 0.193 e. The van der Waals surface area contributed by atoms with E-state index in [0.29, 0.717) is 6.54 Å². The van der Waals surface area contributed by atoms with Crippen LogP contribution < -0.4 is 5.32 Å². The summed E-state index contributed by atoms with van der Waals surface area (Å²) in [6.45, 7) is 2.78. The molecule has 3 rings (SSSR count). The van der Waals surface area contributed by atoms with Crippen LogP contribution in [0.1, 0.15) is 18.5 Å². The molecule has 0 saturated carbocycles. The Morgan fingerprint density at radius 2 is 2.05 bits per heavy atom. The van der Waals surface area contributed by atoms with Gasteiger partial charge in [0, 0.05) is 31.8 Å². The fraction of sp³-hybridized carbons (Fsp3) is 0.375. The van der Waals surface area contributed by atoms with E-state index in [2.05, 4.69) is 20.4 Å². The molecule has 1 aromatic heterocycles. The number of rotatable bonds is 3. The van der Waals surface area contributed by atoms with Crippen molar-refractivity contribution in [3.63, 3.8) is 0 Å². The number of guanidine groups is 1. The summed E-state index contributed by atoms with van der Waals surface area (Å²) in [6, 6.07) is 12.0. The van der Waals surface area contributed by atoms with E-state index in [1.165, 1.54) is 12.8 Å². The minimum absolute atomic E-state index is 0.625. The van der Waals surface area contributed by atoms with Gasteiger partial charge in [-0.1, -0.05) is 35.5 Å². The maximum atomic E-state index is 5.40. The Hall–Kier alpha value is -2.30. The van der Waals surface area contributed by atoms with Gasteiger partial charge in [0.1, 0.15) is 5.69 Å². The monoisotopic (exact) mass is 284 g/mol. The molecule has 2 aromatic rings. The first kappa shape index (κ1) is 13.7. The molecular weight excluding hydrogens is 264 g/mol. The average molecular weight is 284 g/mol. The molecule has 1 aliphatic rings. The third-order valence-corrected chi connectivity index (χ3v) is 3.66. The van der Waals surface area contributed by atoms with Gasteiger partial charge >= 0.3 is 0 Å². The van der Waals surface area contributed by atoms with E-state index >= 15 is 0 Å². The molecule has 0 unspecified atom stereocenters. The van der Waals surface area contributed by atoms with E-state index in [0.717, 1.165) is 36.1 Å². The van der Waals surface area contributed by atoms with Gasteiger partial charge in [-0.15, -0.1) is 0 Å². The van der Waals surface area contributed by atoms with Crippen molar-refractivity contribution in [3.05, 3.63) is 42.1 Å². The van der Waals surface area contributed by atoms with Crippen molar-refractivity contribution in [1.29, 1.82) is 0 Å². The Labute approximate surface area is 124 Å². The standard InChI is InChI=1S/C16H20N4O/c1-17-16(20-9-5-6-10-20)18-12-14-11-15(21-19-14)13-7-3-2-4-8-13/h2-4,7-8,11H,5-6,9-10,12H2,1H3,(H,17,18). The molecule has 1 aliphatic heterocycles. The number of aromatic nitrogens is 1. The highest BCUT2D eigenvalue weighted by Gasteiger charge is 2.16. The molecular formula is C16H20N4O. The molecule has 5 heteroatoms. The van der Waals surface area contributed by atoms with Gasteiger partial charge in [0.05, 0.1) is 6.54 Å². The summed E-state index contributed by atoms with van der Waals surface area (Å²) in [7, 11) is 1.82. The summed E-state index contributed by atoms with van der Waals surface area (Å²) in [5.41, 5.74) is 1.93. The predicted octanol–water partition coefficient (Wildman–Crippen LogP) is 2.51. The Balaban J connectivity index is 1.62. The van der Waals surface area contributed by atoms with Gasteiger partial charge in [-0.25, -0.2) is 0 Å². The lowest BCUT2D eigenvalue weighted by molar-refractivity contribution is 0.421. The first-order chi connectivity index (χ1) is 10.4. The maximum absolute atomic E-state index is 5.40. The molecule has 0 aliphatic carbocycles. The van der Waals surface area contributed by atoms with Crippen LogP contribution in [0.2, 0.25) is 0 Å². The molecule has 1 aromatic carbocycles. The summed E-state index contributed by atoms with van der Waals surface area (Å²) < 4.78 is 5.40. The predicted molar refractivity (Wildman–Crippen MR) is 82.9 cm³/mol. The van der Waals surface area contributed by atoms with Crippen molar-refractivity contribution >= 4 is 5.96 Å². The van der Waals surface area contributed by atoms with Gasteiger partial charge in [0.25, 0.3) is 0 Å². The minimum Gasteiger partial charge on any atom is -0.356 e. The lowest BCUT2D eigenvalue weighted by atomic mass is 10.2. The van der Waals surface area contributed by atoms with Crippen molar-refractivity contribution in [2.24, 2.45) is 4.99 Å².